The van der Waals surface area contributed by atoms with Crippen LogP contribution < -0.4 is 0 Å². The van der Waals surface area contributed by atoms with E-state index in [0.717, 1.165) is 0 Å². The first-order chi connectivity index (χ1) is 11.4. The Bertz CT molecular complexity index is 532. The molecule has 0 saturated carbocycles. The molecule has 0 aromatic rings. The lowest BCUT2D eigenvalue weighted by atomic mass is 9.78. The van der Waals surface area contributed by atoms with Gasteiger partial charge in [0.05, 0.1) is 12.0 Å². The van der Waals surface area contributed by atoms with Crippen LogP contribution in [-0.4, -0.2) is 38.6 Å². The molecule has 0 aliphatic heterocycles. The van der Waals surface area contributed by atoms with Crippen LogP contribution in [0.2, 0.25) is 0 Å². The predicted molar refractivity (Wildman–Crippen MR) is 97.1 cm³/mol. The maximum absolute atomic E-state index is 12.8. The van der Waals surface area contributed by atoms with Crippen molar-refractivity contribution in [2.75, 3.05) is 0 Å². The molecule has 0 radical (unpaired) electrons. The normalized spacial score (nSPS) is 25.6. The molecular weight excluding hydrogens is 320 g/mol. The average molecular weight is 354 g/mol. The Balaban J connectivity index is 3.27. The fraction of sp³-hybridized carbons (Fsp3) is 0.800. The van der Waals surface area contributed by atoms with E-state index < -0.39 is 40.9 Å². The van der Waals surface area contributed by atoms with Crippen molar-refractivity contribution in [3.63, 3.8) is 0 Å². The summed E-state index contributed by atoms with van der Waals surface area (Å²) in [4.78, 5) is 25.2. The second-order valence-corrected chi connectivity index (χ2v) is 8.44. The van der Waals surface area contributed by atoms with Crippen LogP contribution in [-0.2, 0) is 9.59 Å². The van der Waals surface area contributed by atoms with Crippen LogP contribution in [0.1, 0.15) is 67.2 Å². The van der Waals surface area contributed by atoms with Crippen LogP contribution in [0.3, 0.4) is 0 Å². The molecule has 0 heterocycles. The Morgan fingerprint density at radius 3 is 2.00 bits per heavy atom. The standard InChI is InChI=1S/C20H34O5/c1-11(2)7-9-14-18(23)16(17(22)13(5)6)19(24)20(14,25)15(21)10-8-12(3)4/h11-15,21,24-25H,7-10H2,1-6H3/t14-,15?,20?/m1/s1. The molecule has 144 valence electrons. The fourth-order valence-corrected chi connectivity index (χ4v) is 3.34. The van der Waals surface area contributed by atoms with Crippen molar-refractivity contribution in [1.82, 2.24) is 0 Å². The Morgan fingerprint density at radius 2 is 1.56 bits per heavy atom. The molecular formula is C20H34O5. The van der Waals surface area contributed by atoms with Gasteiger partial charge in [-0.2, -0.15) is 0 Å². The average Bonchev–Trinajstić information content (AvgIpc) is 2.69. The third-order valence-corrected chi connectivity index (χ3v) is 5.04. The maximum atomic E-state index is 12.8. The summed E-state index contributed by atoms with van der Waals surface area (Å²) in [6.45, 7) is 11.3. The van der Waals surface area contributed by atoms with E-state index in [1.165, 1.54) is 0 Å². The van der Waals surface area contributed by atoms with Gasteiger partial charge in [0.15, 0.2) is 17.2 Å². The van der Waals surface area contributed by atoms with Gasteiger partial charge < -0.3 is 15.3 Å². The molecule has 3 atom stereocenters. The van der Waals surface area contributed by atoms with E-state index in [9.17, 15) is 24.9 Å². The van der Waals surface area contributed by atoms with Crippen LogP contribution in [0.25, 0.3) is 0 Å². The van der Waals surface area contributed by atoms with Crippen LogP contribution in [0.15, 0.2) is 11.3 Å². The first-order valence-electron chi connectivity index (χ1n) is 9.37. The third-order valence-electron chi connectivity index (χ3n) is 5.04. The molecule has 5 heteroatoms. The van der Waals surface area contributed by atoms with Gasteiger partial charge in [0.2, 0.25) is 0 Å². The zero-order valence-corrected chi connectivity index (χ0v) is 16.4. The molecule has 0 amide bonds. The number of Topliss-reactive ketones (excluding diaryl/α,β-unsaturated/α-hetero) is 2. The van der Waals surface area contributed by atoms with Gasteiger partial charge in [-0.25, -0.2) is 0 Å². The lowest BCUT2D eigenvalue weighted by Crippen LogP contribution is -2.49. The van der Waals surface area contributed by atoms with Crippen molar-refractivity contribution in [1.29, 1.82) is 0 Å². The molecule has 0 bridgehead atoms. The van der Waals surface area contributed by atoms with E-state index in [2.05, 4.69) is 0 Å². The molecule has 0 saturated heterocycles. The smallest absolute Gasteiger partial charge is 0.176 e. The van der Waals surface area contributed by atoms with Crippen molar-refractivity contribution >= 4 is 11.6 Å². The lowest BCUT2D eigenvalue weighted by Gasteiger charge is -2.34. The van der Waals surface area contributed by atoms with E-state index in [4.69, 9.17) is 0 Å². The summed E-state index contributed by atoms with van der Waals surface area (Å²) >= 11 is 0. The molecule has 1 rings (SSSR count). The molecule has 2 unspecified atom stereocenters. The molecule has 3 N–H and O–H groups in total. The van der Waals surface area contributed by atoms with Crippen molar-refractivity contribution < 1.29 is 24.9 Å². The van der Waals surface area contributed by atoms with Crippen LogP contribution >= 0.6 is 0 Å². The highest BCUT2D eigenvalue weighted by atomic mass is 16.4. The van der Waals surface area contributed by atoms with E-state index in [1.807, 2.05) is 27.7 Å². The fourth-order valence-electron chi connectivity index (χ4n) is 3.34. The highest BCUT2D eigenvalue weighted by Crippen LogP contribution is 2.44. The number of hydrogen-bond donors (Lipinski definition) is 3. The molecule has 0 fully saturated rings. The van der Waals surface area contributed by atoms with Gasteiger partial charge in [-0.1, -0.05) is 48.0 Å². The second-order valence-electron chi connectivity index (χ2n) is 8.44. The zero-order valence-electron chi connectivity index (χ0n) is 16.4. The number of aliphatic hydroxyl groups excluding tert-OH is 2. The minimum Gasteiger partial charge on any atom is -0.508 e. The second kappa shape index (κ2) is 8.45. The monoisotopic (exact) mass is 354 g/mol. The van der Waals surface area contributed by atoms with Gasteiger partial charge in [0.1, 0.15) is 11.3 Å². The molecule has 25 heavy (non-hydrogen) atoms. The summed E-state index contributed by atoms with van der Waals surface area (Å²) in [5, 5.41) is 32.4. The number of aliphatic hydroxyl groups is 3. The van der Waals surface area contributed by atoms with Crippen molar-refractivity contribution in [3.05, 3.63) is 11.3 Å². The molecule has 5 nitrogen and oxygen atoms in total. The molecule has 1 aliphatic carbocycles. The summed E-state index contributed by atoms with van der Waals surface area (Å²) in [7, 11) is 0. The third kappa shape index (κ3) is 4.50. The van der Waals surface area contributed by atoms with E-state index in [0.29, 0.717) is 31.1 Å². The highest BCUT2D eigenvalue weighted by molar-refractivity contribution is 6.24. The van der Waals surface area contributed by atoms with Gasteiger partial charge in [-0.15, -0.1) is 0 Å². The van der Waals surface area contributed by atoms with Gasteiger partial charge >= 0.3 is 0 Å². The summed E-state index contributed by atoms with van der Waals surface area (Å²) in [6.07, 6.45) is 0.604. The largest absolute Gasteiger partial charge is 0.508 e. The van der Waals surface area contributed by atoms with Crippen molar-refractivity contribution in [2.45, 2.75) is 78.9 Å². The van der Waals surface area contributed by atoms with Crippen LogP contribution in [0.5, 0.6) is 0 Å². The van der Waals surface area contributed by atoms with Crippen molar-refractivity contribution in [2.24, 2.45) is 23.7 Å². The van der Waals surface area contributed by atoms with E-state index >= 15 is 0 Å². The quantitative estimate of drug-likeness (QED) is 0.553. The minimum absolute atomic E-state index is 0.257. The zero-order chi connectivity index (χ0) is 19.5. The maximum Gasteiger partial charge on any atom is 0.176 e. The van der Waals surface area contributed by atoms with Gasteiger partial charge in [0, 0.05) is 5.92 Å². The summed E-state index contributed by atoms with van der Waals surface area (Å²) < 4.78 is 0. The summed E-state index contributed by atoms with van der Waals surface area (Å²) in [5.41, 5.74) is -2.39. The Labute approximate surface area is 151 Å². The Hall–Kier alpha value is -1.20. The topological polar surface area (TPSA) is 94.8 Å². The predicted octanol–water partition coefficient (Wildman–Crippen LogP) is 3.19. The number of allylic oxidation sites excluding steroid dienone is 1. The van der Waals surface area contributed by atoms with E-state index in [1.54, 1.807) is 13.8 Å². The number of rotatable bonds is 9. The SMILES string of the molecule is CC(C)CCC(O)C1(O)C(O)=C(C(=O)C(C)C)C(=O)[C@H]1CCC(C)C. The van der Waals surface area contributed by atoms with E-state index in [-0.39, 0.29) is 12.0 Å². The van der Waals surface area contributed by atoms with Crippen LogP contribution in [0.4, 0.5) is 0 Å². The van der Waals surface area contributed by atoms with Crippen LogP contribution in [0, 0.1) is 23.7 Å². The number of carbonyl (C=O) groups is 2. The number of hydrogen-bond acceptors (Lipinski definition) is 5. The first kappa shape index (κ1) is 21.8. The summed E-state index contributed by atoms with van der Waals surface area (Å²) in [6, 6.07) is 0. The van der Waals surface area contributed by atoms with Gasteiger partial charge in [-0.3, -0.25) is 9.59 Å². The molecule has 0 aromatic heterocycles. The Kier molecular flexibility index (Phi) is 7.39. The highest BCUT2D eigenvalue weighted by Gasteiger charge is 2.58. The lowest BCUT2D eigenvalue weighted by molar-refractivity contribution is -0.137. The molecule has 1 aliphatic rings. The first-order valence-corrected chi connectivity index (χ1v) is 9.37. The summed E-state index contributed by atoms with van der Waals surface area (Å²) in [5.74, 6) is -2.49. The van der Waals surface area contributed by atoms with Crippen molar-refractivity contribution in [3.8, 4) is 0 Å². The molecule has 0 spiro atoms. The van der Waals surface area contributed by atoms with Gasteiger partial charge in [-0.05, 0) is 31.1 Å². The minimum atomic E-state index is -2.07. The number of carbonyl (C=O) groups excluding carboxylic acids is 2. The number of ketones is 2. The van der Waals surface area contributed by atoms with Gasteiger partial charge in [0.25, 0.3) is 0 Å². The Morgan fingerprint density at radius 1 is 1.04 bits per heavy atom. The molecule has 0 aromatic carbocycles.